The number of hydrogen-bond donors (Lipinski definition) is 1. The van der Waals surface area contributed by atoms with Crippen molar-refractivity contribution in [3.8, 4) is 0 Å². The zero-order valence-corrected chi connectivity index (χ0v) is 8.43. The Bertz CT molecular complexity index is 265. The molecule has 2 rings (SSSR count). The Kier molecular flexibility index (Phi) is 2.36. The number of rotatable bonds is 1. The zero-order chi connectivity index (χ0) is 9.26. The first-order chi connectivity index (χ1) is 6.29. The van der Waals surface area contributed by atoms with Gasteiger partial charge in [-0.15, -0.1) is 0 Å². The van der Waals surface area contributed by atoms with Gasteiger partial charge in [0.25, 0.3) is 0 Å². The van der Waals surface area contributed by atoms with Gasteiger partial charge in [0.2, 0.25) is 0 Å². The maximum Gasteiger partial charge on any atom is 0.0421 e. The van der Waals surface area contributed by atoms with Crippen molar-refractivity contribution in [1.29, 1.82) is 0 Å². The average Bonchev–Trinajstić information content (AvgIpc) is 2.16. The molecule has 3 heteroatoms. The van der Waals surface area contributed by atoms with E-state index in [-0.39, 0.29) is 0 Å². The molecule has 0 saturated carbocycles. The summed E-state index contributed by atoms with van der Waals surface area (Å²) < 4.78 is 0. The van der Waals surface area contributed by atoms with Crippen LogP contribution in [0.1, 0.15) is 26.2 Å². The molecule has 0 aliphatic carbocycles. The van der Waals surface area contributed by atoms with Crippen LogP contribution in [0.25, 0.3) is 0 Å². The van der Waals surface area contributed by atoms with Crippen molar-refractivity contribution in [2.24, 2.45) is 5.10 Å². The van der Waals surface area contributed by atoms with Crippen molar-refractivity contribution in [2.75, 3.05) is 20.1 Å². The Morgan fingerprint density at radius 3 is 3.15 bits per heavy atom. The number of nitrogens with one attached hydrogen (secondary N) is 1. The number of hydrogen-bond acceptors (Lipinski definition) is 3. The van der Waals surface area contributed by atoms with E-state index in [2.05, 4.69) is 29.4 Å². The molecule has 0 bridgehead atoms. The molecule has 72 valence electrons. The third-order valence-corrected chi connectivity index (χ3v) is 2.81. The van der Waals surface area contributed by atoms with E-state index in [4.69, 9.17) is 0 Å². The molecule has 2 heterocycles. The van der Waals surface area contributed by atoms with Crippen LogP contribution in [0.3, 0.4) is 0 Å². The molecule has 0 aromatic heterocycles. The van der Waals surface area contributed by atoms with Crippen LogP contribution in [0.15, 0.2) is 16.4 Å². The Labute approximate surface area is 79.5 Å². The van der Waals surface area contributed by atoms with E-state index in [1.807, 2.05) is 0 Å². The molecule has 0 aromatic carbocycles. The van der Waals surface area contributed by atoms with Crippen molar-refractivity contribution in [1.82, 2.24) is 10.3 Å². The molecular weight excluding hydrogens is 162 g/mol. The smallest absolute Gasteiger partial charge is 0.0421 e. The molecule has 13 heavy (non-hydrogen) atoms. The molecule has 0 aromatic rings. The Morgan fingerprint density at radius 1 is 1.54 bits per heavy atom. The predicted molar refractivity (Wildman–Crippen MR) is 54.6 cm³/mol. The van der Waals surface area contributed by atoms with Gasteiger partial charge in [-0.05, 0) is 19.0 Å². The van der Waals surface area contributed by atoms with Crippen LogP contribution in [0.5, 0.6) is 0 Å². The van der Waals surface area contributed by atoms with Crippen molar-refractivity contribution >= 4 is 5.71 Å². The van der Waals surface area contributed by atoms with E-state index in [9.17, 15) is 0 Å². The first-order valence-corrected chi connectivity index (χ1v) is 5.00. The first-order valence-electron chi connectivity index (χ1n) is 5.00. The molecule has 2 aliphatic heterocycles. The van der Waals surface area contributed by atoms with E-state index in [0.717, 1.165) is 32.4 Å². The van der Waals surface area contributed by atoms with Gasteiger partial charge in [0.05, 0.1) is 0 Å². The SMILES string of the molecule is CCC1=NNC2=C(C1)CN(C)CC2. The lowest BCUT2D eigenvalue weighted by Gasteiger charge is -2.30. The monoisotopic (exact) mass is 179 g/mol. The highest BCUT2D eigenvalue weighted by atomic mass is 15.3. The maximum absolute atomic E-state index is 4.35. The Morgan fingerprint density at radius 2 is 2.38 bits per heavy atom. The van der Waals surface area contributed by atoms with Crippen LogP contribution < -0.4 is 5.43 Å². The predicted octanol–water partition coefficient (Wildman–Crippen LogP) is 1.34. The Hall–Kier alpha value is -0.830. The second-order valence-corrected chi connectivity index (χ2v) is 3.89. The highest BCUT2D eigenvalue weighted by Crippen LogP contribution is 2.21. The van der Waals surface area contributed by atoms with Gasteiger partial charge >= 0.3 is 0 Å². The summed E-state index contributed by atoms with van der Waals surface area (Å²) in [7, 11) is 2.18. The van der Waals surface area contributed by atoms with Crippen LogP contribution in [-0.2, 0) is 0 Å². The summed E-state index contributed by atoms with van der Waals surface area (Å²) >= 11 is 0. The lowest BCUT2D eigenvalue weighted by Crippen LogP contribution is -2.34. The molecule has 0 amide bonds. The fraction of sp³-hybridized carbons (Fsp3) is 0.700. The van der Waals surface area contributed by atoms with Gasteiger partial charge in [-0.2, -0.15) is 5.10 Å². The first kappa shape index (κ1) is 8.75. The molecular formula is C10H17N3. The van der Waals surface area contributed by atoms with Crippen molar-refractivity contribution < 1.29 is 0 Å². The Balaban J connectivity index is 2.09. The minimum Gasteiger partial charge on any atom is -0.302 e. The lowest BCUT2D eigenvalue weighted by molar-refractivity contribution is 0.337. The number of likely N-dealkylation sites (N-methyl/N-ethyl adjacent to an activating group) is 1. The number of hydrazone groups is 1. The van der Waals surface area contributed by atoms with E-state index < -0.39 is 0 Å². The van der Waals surface area contributed by atoms with Crippen LogP contribution in [-0.4, -0.2) is 30.7 Å². The number of nitrogens with zero attached hydrogens (tertiary/aromatic N) is 2. The molecule has 0 unspecified atom stereocenters. The topological polar surface area (TPSA) is 27.6 Å². The summed E-state index contributed by atoms with van der Waals surface area (Å²) in [6.45, 7) is 4.43. The van der Waals surface area contributed by atoms with E-state index in [1.165, 1.54) is 11.4 Å². The fourth-order valence-electron chi connectivity index (χ4n) is 1.91. The molecule has 0 atom stereocenters. The van der Waals surface area contributed by atoms with E-state index in [0.29, 0.717) is 0 Å². The molecule has 1 N–H and O–H groups in total. The van der Waals surface area contributed by atoms with E-state index >= 15 is 0 Å². The van der Waals surface area contributed by atoms with Gasteiger partial charge in [0.1, 0.15) is 0 Å². The highest BCUT2D eigenvalue weighted by molar-refractivity contribution is 5.87. The van der Waals surface area contributed by atoms with Crippen LogP contribution >= 0.6 is 0 Å². The van der Waals surface area contributed by atoms with Gasteiger partial charge in [-0.25, -0.2) is 0 Å². The second-order valence-electron chi connectivity index (χ2n) is 3.89. The van der Waals surface area contributed by atoms with Gasteiger partial charge in [-0.3, -0.25) is 5.43 Å². The molecule has 0 saturated heterocycles. The standard InChI is InChI=1S/C10H17N3/c1-3-9-6-8-7-13(2)5-4-10(8)12-11-9/h12H,3-7H2,1-2H3. The molecule has 0 fully saturated rings. The zero-order valence-electron chi connectivity index (χ0n) is 8.43. The van der Waals surface area contributed by atoms with Crippen molar-refractivity contribution in [3.05, 3.63) is 11.3 Å². The fourth-order valence-corrected chi connectivity index (χ4v) is 1.91. The summed E-state index contributed by atoms with van der Waals surface area (Å²) in [5.74, 6) is 0. The third-order valence-electron chi connectivity index (χ3n) is 2.81. The molecule has 2 aliphatic rings. The van der Waals surface area contributed by atoms with Crippen LogP contribution in [0, 0.1) is 0 Å². The molecule has 3 nitrogen and oxygen atoms in total. The maximum atomic E-state index is 4.35. The quantitative estimate of drug-likeness (QED) is 0.657. The summed E-state index contributed by atoms with van der Waals surface area (Å²) in [5, 5.41) is 4.35. The molecule has 0 radical (unpaired) electrons. The van der Waals surface area contributed by atoms with Gasteiger partial charge < -0.3 is 4.90 Å². The van der Waals surface area contributed by atoms with Gasteiger partial charge in [0.15, 0.2) is 0 Å². The second kappa shape index (κ2) is 3.50. The highest BCUT2D eigenvalue weighted by Gasteiger charge is 2.19. The third kappa shape index (κ3) is 1.75. The average molecular weight is 179 g/mol. The van der Waals surface area contributed by atoms with Crippen molar-refractivity contribution in [2.45, 2.75) is 26.2 Å². The van der Waals surface area contributed by atoms with E-state index in [1.54, 1.807) is 5.57 Å². The summed E-state index contributed by atoms with van der Waals surface area (Å²) in [6, 6.07) is 0. The van der Waals surface area contributed by atoms with Crippen LogP contribution in [0.4, 0.5) is 0 Å². The van der Waals surface area contributed by atoms with Gasteiger partial charge in [0, 0.05) is 37.3 Å². The normalized spacial score (nSPS) is 23.7. The lowest BCUT2D eigenvalue weighted by atomic mass is 9.99. The van der Waals surface area contributed by atoms with Crippen LogP contribution in [0.2, 0.25) is 0 Å². The van der Waals surface area contributed by atoms with Gasteiger partial charge in [-0.1, -0.05) is 6.92 Å². The van der Waals surface area contributed by atoms with Crippen molar-refractivity contribution in [3.63, 3.8) is 0 Å². The summed E-state index contributed by atoms with van der Waals surface area (Å²) in [4.78, 5) is 2.37. The largest absolute Gasteiger partial charge is 0.302 e. The summed E-state index contributed by atoms with van der Waals surface area (Å²) in [6.07, 6.45) is 3.28. The minimum atomic E-state index is 1.06. The summed E-state index contributed by atoms with van der Waals surface area (Å²) in [5.41, 5.74) is 7.38. The minimum absolute atomic E-state index is 1.06. The molecule has 0 spiro atoms.